The quantitative estimate of drug-likeness (QED) is 0.615. The number of hydrogen-bond acceptors (Lipinski definition) is 1. The van der Waals surface area contributed by atoms with E-state index in [-0.39, 0.29) is 0 Å². The molecule has 1 heteroatoms. The summed E-state index contributed by atoms with van der Waals surface area (Å²) in [5.41, 5.74) is 3.21. The fourth-order valence-corrected chi connectivity index (χ4v) is 3.24. The average molecular weight is 180 g/mol. The second kappa shape index (κ2) is 3.45. The summed E-state index contributed by atoms with van der Waals surface area (Å²) in [5.74, 6) is 2.17. The van der Waals surface area contributed by atoms with Crippen LogP contribution in [0, 0.1) is 17.8 Å². The van der Waals surface area contributed by atoms with Crippen LogP contribution < -0.4 is 0 Å². The van der Waals surface area contributed by atoms with E-state index in [0.29, 0.717) is 12.5 Å². The van der Waals surface area contributed by atoms with Gasteiger partial charge in [-0.25, -0.2) is 0 Å². The molecule has 0 radical (unpaired) electrons. The number of aliphatic hydroxyl groups excluding tert-OH is 1. The molecule has 0 amide bonds. The minimum atomic E-state index is 0.371. The van der Waals surface area contributed by atoms with Crippen LogP contribution >= 0.6 is 0 Å². The van der Waals surface area contributed by atoms with E-state index >= 15 is 0 Å². The predicted octanol–water partition coefficient (Wildman–Crippen LogP) is 2.75. The Balaban J connectivity index is 2.25. The highest BCUT2D eigenvalue weighted by molar-refractivity contribution is 5.26. The molecule has 1 N–H and O–H groups in total. The second-order valence-electron chi connectivity index (χ2n) is 4.81. The Labute approximate surface area is 80.8 Å². The van der Waals surface area contributed by atoms with Crippen molar-refractivity contribution >= 4 is 0 Å². The van der Waals surface area contributed by atoms with Crippen molar-refractivity contribution in [2.75, 3.05) is 6.61 Å². The van der Waals surface area contributed by atoms with E-state index in [9.17, 15) is 5.11 Å². The summed E-state index contributed by atoms with van der Waals surface area (Å²) in [6.07, 6.45) is 5.15. The van der Waals surface area contributed by atoms with Gasteiger partial charge >= 0.3 is 0 Å². The van der Waals surface area contributed by atoms with Crippen LogP contribution in [-0.2, 0) is 0 Å². The Morgan fingerprint density at radius 1 is 1.31 bits per heavy atom. The summed E-state index contributed by atoms with van der Waals surface area (Å²) in [6.45, 7) is 5.00. The molecule has 0 heterocycles. The summed E-state index contributed by atoms with van der Waals surface area (Å²) >= 11 is 0. The zero-order valence-corrected chi connectivity index (χ0v) is 8.71. The van der Waals surface area contributed by atoms with Gasteiger partial charge in [0.15, 0.2) is 0 Å². The number of fused-ring (bicyclic) bond motifs is 1. The fourth-order valence-electron chi connectivity index (χ4n) is 3.24. The van der Waals surface area contributed by atoms with Crippen LogP contribution in [0.15, 0.2) is 11.1 Å². The van der Waals surface area contributed by atoms with Gasteiger partial charge in [-0.1, -0.05) is 18.1 Å². The SMILES string of the molecule is CC1=C2C(CC1)[C@H](C)CC[C@H]2CO. The van der Waals surface area contributed by atoms with E-state index < -0.39 is 0 Å². The Hall–Kier alpha value is -0.300. The Kier molecular flexibility index (Phi) is 2.46. The molecule has 1 fully saturated rings. The molecular formula is C12H20O. The third kappa shape index (κ3) is 1.43. The van der Waals surface area contributed by atoms with E-state index in [1.807, 2.05) is 0 Å². The van der Waals surface area contributed by atoms with Crippen molar-refractivity contribution in [3.8, 4) is 0 Å². The molecule has 0 spiro atoms. The van der Waals surface area contributed by atoms with Gasteiger partial charge in [-0.2, -0.15) is 0 Å². The lowest BCUT2D eigenvalue weighted by Crippen LogP contribution is -2.26. The topological polar surface area (TPSA) is 20.2 Å². The summed E-state index contributed by atoms with van der Waals surface area (Å²) < 4.78 is 0. The van der Waals surface area contributed by atoms with Crippen LogP contribution in [0.5, 0.6) is 0 Å². The second-order valence-corrected chi connectivity index (χ2v) is 4.81. The molecule has 0 aromatic rings. The smallest absolute Gasteiger partial charge is 0.0496 e. The van der Waals surface area contributed by atoms with Gasteiger partial charge in [0.05, 0.1) is 0 Å². The third-order valence-corrected chi connectivity index (χ3v) is 4.04. The molecule has 0 aliphatic heterocycles. The van der Waals surface area contributed by atoms with E-state index in [2.05, 4.69) is 13.8 Å². The minimum Gasteiger partial charge on any atom is -0.396 e. The summed E-state index contributed by atoms with van der Waals surface area (Å²) in [4.78, 5) is 0. The highest BCUT2D eigenvalue weighted by Gasteiger charge is 2.36. The third-order valence-electron chi connectivity index (χ3n) is 4.04. The molecule has 2 aliphatic carbocycles. The van der Waals surface area contributed by atoms with Crippen LogP contribution in [0.1, 0.15) is 39.5 Å². The highest BCUT2D eigenvalue weighted by Crippen LogP contribution is 2.47. The standard InChI is InChI=1S/C12H20O/c1-8-3-5-10(7-13)12-9(2)4-6-11(8)12/h8,10-11,13H,3-7H2,1-2H3/t8-,10+,11?/m1/s1. The van der Waals surface area contributed by atoms with E-state index in [1.165, 1.54) is 25.7 Å². The van der Waals surface area contributed by atoms with Crippen molar-refractivity contribution in [1.29, 1.82) is 0 Å². The summed E-state index contributed by atoms with van der Waals surface area (Å²) in [7, 11) is 0. The van der Waals surface area contributed by atoms with Gasteiger partial charge in [0.25, 0.3) is 0 Å². The highest BCUT2D eigenvalue weighted by atomic mass is 16.3. The number of hydrogen-bond donors (Lipinski definition) is 1. The minimum absolute atomic E-state index is 0.371. The monoisotopic (exact) mass is 180 g/mol. The van der Waals surface area contributed by atoms with Gasteiger partial charge in [-0.3, -0.25) is 0 Å². The van der Waals surface area contributed by atoms with Crippen molar-refractivity contribution in [3.05, 3.63) is 11.1 Å². The van der Waals surface area contributed by atoms with Crippen LogP contribution in [0.4, 0.5) is 0 Å². The van der Waals surface area contributed by atoms with Crippen molar-refractivity contribution in [1.82, 2.24) is 0 Å². The molecule has 1 nitrogen and oxygen atoms in total. The molecule has 0 aromatic carbocycles. The predicted molar refractivity (Wildman–Crippen MR) is 54.4 cm³/mol. The largest absolute Gasteiger partial charge is 0.396 e. The first-order chi connectivity index (χ1) is 6.24. The maximum Gasteiger partial charge on any atom is 0.0496 e. The van der Waals surface area contributed by atoms with Gasteiger partial charge in [0.1, 0.15) is 0 Å². The molecular weight excluding hydrogens is 160 g/mol. The zero-order valence-electron chi connectivity index (χ0n) is 8.71. The molecule has 74 valence electrons. The first kappa shape index (κ1) is 9.26. The maximum absolute atomic E-state index is 9.31. The molecule has 0 saturated heterocycles. The van der Waals surface area contributed by atoms with Crippen LogP contribution in [0.25, 0.3) is 0 Å². The van der Waals surface area contributed by atoms with E-state index in [0.717, 1.165) is 11.8 Å². The Morgan fingerprint density at radius 2 is 2.08 bits per heavy atom. The number of allylic oxidation sites excluding steroid dienone is 1. The first-order valence-corrected chi connectivity index (χ1v) is 5.54. The van der Waals surface area contributed by atoms with Crippen LogP contribution in [-0.4, -0.2) is 11.7 Å². The van der Waals surface area contributed by atoms with Gasteiger partial charge in [-0.15, -0.1) is 0 Å². The van der Waals surface area contributed by atoms with E-state index in [1.54, 1.807) is 11.1 Å². The molecule has 2 aliphatic rings. The van der Waals surface area contributed by atoms with Crippen molar-refractivity contribution < 1.29 is 5.11 Å². The summed E-state index contributed by atoms with van der Waals surface area (Å²) in [5, 5.41) is 9.31. The Morgan fingerprint density at radius 3 is 2.77 bits per heavy atom. The molecule has 3 atom stereocenters. The van der Waals surface area contributed by atoms with Crippen molar-refractivity contribution in [3.63, 3.8) is 0 Å². The molecule has 1 unspecified atom stereocenters. The van der Waals surface area contributed by atoms with Gasteiger partial charge in [0.2, 0.25) is 0 Å². The Bertz CT molecular complexity index is 229. The van der Waals surface area contributed by atoms with E-state index in [4.69, 9.17) is 0 Å². The lowest BCUT2D eigenvalue weighted by molar-refractivity contribution is 0.187. The van der Waals surface area contributed by atoms with Gasteiger partial charge in [0, 0.05) is 12.5 Å². The van der Waals surface area contributed by atoms with Crippen molar-refractivity contribution in [2.24, 2.45) is 17.8 Å². The lowest BCUT2D eigenvalue weighted by atomic mass is 9.72. The first-order valence-electron chi connectivity index (χ1n) is 5.54. The fraction of sp³-hybridized carbons (Fsp3) is 0.833. The van der Waals surface area contributed by atoms with Gasteiger partial charge in [-0.05, 0) is 44.4 Å². The maximum atomic E-state index is 9.31. The zero-order chi connectivity index (χ0) is 9.42. The summed E-state index contributed by atoms with van der Waals surface area (Å²) in [6, 6.07) is 0. The number of aliphatic hydroxyl groups is 1. The molecule has 0 bridgehead atoms. The molecule has 1 saturated carbocycles. The van der Waals surface area contributed by atoms with Gasteiger partial charge < -0.3 is 5.11 Å². The molecule has 0 aromatic heterocycles. The van der Waals surface area contributed by atoms with Crippen LogP contribution in [0.3, 0.4) is 0 Å². The number of rotatable bonds is 1. The molecule has 13 heavy (non-hydrogen) atoms. The average Bonchev–Trinajstić information content (AvgIpc) is 2.51. The van der Waals surface area contributed by atoms with Crippen molar-refractivity contribution in [2.45, 2.75) is 39.5 Å². The van der Waals surface area contributed by atoms with Crippen LogP contribution in [0.2, 0.25) is 0 Å². The molecule has 2 rings (SSSR count). The lowest BCUT2D eigenvalue weighted by Gasteiger charge is -2.34. The normalized spacial score (nSPS) is 39.5.